The minimum Gasteiger partial charge on any atom is -0.337 e. The first-order valence-electron chi connectivity index (χ1n) is 8.00. The Bertz CT molecular complexity index is 945. The van der Waals surface area contributed by atoms with Crippen molar-refractivity contribution in [2.24, 2.45) is 0 Å². The molecule has 0 saturated carbocycles. The van der Waals surface area contributed by atoms with Gasteiger partial charge in [-0.3, -0.25) is 9.89 Å². The van der Waals surface area contributed by atoms with Gasteiger partial charge < -0.3 is 9.88 Å². The van der Waals surface area contributed by atoms with Crippen LogP contribution in [0.15, 0.2) is 41.3 Å². The molecule has 7 nitrogen and oxygen atoms in total. The van der Waals surface area contributed by atoms with Crippen LogP contribution in [-0.4, -0.2) is 44.1 Å². The molecular formula is C17H17N5O2. The van der Waals surface area contributed by atoms with Crippen molar-refractivity contribution in [3.05, 3.63) is 58.4 Å². The average molecular weight is 323 g/mol. The molecule has 0 radical (unpaired) electrons. The summed E-state index contributed by atoms with van der Waals surface area (Å²) in [6.07, 6.45) is 3.34. The van der Waals surface area contributed by atoms with Gasteiger partial charge in [-0.15, -0.1) is 0 Å². The van der Waals surface area contributed by atoms with Crippen LogP contribution in [0.4, 0.5) is 0 Å². The van der Waals surface area contributed by atoms with E-state index in [9.17, 15) is 9.59 Å². The largest absolute Gasteiger partial charge is 0.345 e. The molecular weight excluding hydrogens is 306 g/mol. The molecule has 3 aromatic rings. The van der Waals surface area contributed by atoms with E-state index in [4.69, 9.17) is 0 Å². The molecule has 1 fully saturated rings. The van der Waals surface area contributed by atoms with Crippen molar-refractivity contribution in [2.75, 3.05) is 13.1 Å². The summed E-state index contributed by atoms with van der Waals surface area (Å²) in [6.45, 7) is 1.27. The molecule has 1 amide bonds. The average Bonchev–Trinajstić information content (AvgIpc) is 3.05. The van der Waals surface area contributed by atoms with E-state index in [1.807, 2.05) is 35.2 Å². The molecule has 0 aliphatic carbocycles. The lowest BCUT2D eigenvalue weighted by molar-refractivity contribution is 0.0701. The van der Waals surface area contributed by atoms with Gasteiger partial charge >= 0.3 is 5.69 Å². The highest BCUT2D eigenvalue weighted by Gasteiger charge is 2.28. The first-order valence-corrected chi connectivity index (χ1v) is 8.00. The molecule has 1 aliphatic rings. The van der Waals surface area contributed by atoms with Crippen LogP contribution in [0.25, 0.3) is 10.9 Å². The number of aromatic amines is 2. The Morgan fingerprint density at radius 1 is 1.25 bits per heavy atom. The molecule has 0 spiro atoms. The summed E-state index contributed by atoms with van der Waals surface area (Å²) >= 11 is 0. The van der Waals surface area contributed by atoms with E-state index in [-0.39, 0.29) is 17.5 Å². The number of carbonyl (C=O) groups is 1. The predicted octanol–water partition coefficient (Wildman–Crippen LogP) is 1.67. The SMILES string of the molecule is O=C(c1n[nH]c2ccccc12)N1CCC[C@H](c2ccnc(=O)[nH]2)C1. The van der Waals surface area contributed by atoms with Crippen molar-refractivity contribution in [1.82, 2.24) is 25.1 Å². The number of aromatic nitrogens is 4. The number of piperidine rings is 1. The van der Waals surface area contributed by atoms with Crippen LogP contribution in [0.2, 0.25) is 0 Å². The van der Waals surface area contributed by atoms with Gasteiger partial charge in [-0.1, -0.05) is 18.2 Å². The summed E-state index contributed by atoms with van der Waals surface area (Å²) in [5.41, 5.74) is 1.79. The van der Waals surface area contributed by atoms with Crippen LogP contribution in [-0.2, 0) is 0 Å². The molecule has 1 aromatic carbocycles. The molecule has 1 saturated heterocycles. The van der Waals surface area contributed by atoms with Crippen LogP contribution in [0.5, 0.6) is 0 Å². The highest BCUT2D eigenvalue weighted by atomic mass is 16.2. The second-order valence-corrected chi connectivity index (χ2v) is 6.04. The Kier molecular flexibility index (Phi) is 3.60. The monoisotopic (exact) mass is 323 g/mol. The number of nitrogens with zero attached hydrogens (tertiary/aromatic N) is 3. The summed E-state index contributed by atoms with van der Waals surface area (Å²) in [5, 5.41) is 7.94. The number of carbonyl (C=O) groups excluding carboxylic acids is 1. The fourth-order valence-corrected chi connectivity index (χ4v) is 3.31. The Morgan fingerprint density at radius 3 is 3.00 bits per heavy atom. The van der Waals surface area contributed by atoms with Crippen molar-refractivity contribution in [1.29, 1.82) is 0 Å². The topological polar surface area (TPSA) is 94.7 Å². The van der Waals surface area contributed by atoms with E-state index < -0.39 is 0 Å². The minimum absolute atomic E-state index is 0.0754. The van der Waals surface area contributed by atoms with Crippen molar-refractivity contribution in [2.45, 2.75) is 18.8 Å². The molecule has 1 aliphatic heterocycles. The summed E-state index contributed by atoms with van der Waals surface area (Å²) in [7, 11) is 0. The number of likely N-dealkylation sites (tertiary alicyclic amines) is 1. The first kappa shape index (κ1) is 14.6. The van der Waals surface area contributed by atoms with E-state index >= 15 is 0 Å². The van der Waals surface area contributed by atoms with Crippen LogP contribution < -0.4 is 5.69 Å². The quantitative estimate of drug-likeness (QED) is 0.750. The second-order valence-electron chi connectivity index (χ2n) is 6.04. The maximum absolute atomic E-state index is 12.9. The van der Waals surface area contributed by atoms with Gasteiger partial charge in [0.1, 0.15) is 0 Å². The third kappa shape index (κ3) is 2.58. The van der Waals surface area contributed by atoms with E-state index in [1.54, 1.807) is 0 Å². The second kappa shape index (κ2) is 5.92. The van der Waals surface area contributed by atoms with Crippen LogP contribution >= 0.6 is 0 Å². The summed E-state index contributed by atoms with van der Waals surface area (Å²) in [5.74, 6) is 0.0390. The number of para-hydroxylation sites is 1. The third-order valence-electron chi connectivity index (χ3n) is 4.52. The first-order chi connectivity index (χ1) is 11.7. The van der Waals surface area contributed by atoms with Gasteiger partial charge in [0, 0.05) is 36.3 Å². The van der Waals surface area contributed by atoms with Gasteiger partial charge in [0.05, 0.1) is 5.52 Å². The number of amides is 1. The normalized spacial score (nSPS) is 18.0. The Balaban J connectivity index is 1.60. The molecule has 7 heteroatoms. The Morgan fingerprint density at radius 2 is 2.12 bits per heavy atom. The molecule has 0 bridgehead atoms. The van der Waals surface area contributed by atoms with E-state index in [2.05, 4.69) is 20.2 Å². The lowest BCUT2D eigenvalue weighted by Crippen LogP contribution is -2.39. The molecule has 4 rings (SSSR count). The number of fused-ring (bicyclic) bond motifs is 1. The van der Waals surface area contributed by atoms with E-state index in [1.165, 1.54) is 6.20 Å². The van der Waals surface area contributed by atoms with Crippen molar-refractivity contribution in [3.8, 4) is 0 Å². The van der Waals surface area contributed by atoms with Gasteiger partial charge in [-0.05, 0) is 25.0 Å². The molecule has 0 unspecified atom stereocenters. The number of hydrogen-bond acceptors (Lipinski definition) is 4. The molecule has 1 atom stereocenters. The van der Waals surface area contributed by atoms with Gasteiger partial charge in [0.15, 0.2) is 5.69 Å². The van der Waals surface area contributed by atoms with Crippen molar-refractivity contribution in [3.63, 3.8) is 0 Å². The minimum atomic E-state index is -0.353. The van der Waals surface area contributed by atoms with Crippen LogP contribution in [0.1, 0.15) is 34.9 Å². The standard InChI is InChI=1S/C17H17N5O2/c23-16(15-12-5-1-2-6-14(12)20-21-15)22-9-3-4-11(10-22)13-7-8-18-17(24)19-13/h1-2,5-8,11H,3-4,9-10H2,(H,20,21)(H,18,19,24)/t11-/m0/s1. The van der Waals surface area contributed by atoms with E-state index in [0.29, 0.717) is 18.8 Å². The van der Waals surface area contributed by atoms with Crippen molar-refractivity contribution < 1.29 is 4.79 Å². The molecule has 122 valence electrons. The zero-order chi connectivity index (χ0) is 16.5. The Labute approximate surface area is 137 Å². The smallest absolute Gasteiger partial charge is 0.337 e. The molecule has 3 heterocycles. The zero-order valence-electron chi connectivity index (χ0n) is 13.0. The third-order valence-corrected chi connectivity index (χ3v) is 4.52. The van der Waals surface area contributed by atoms with Crippen LogP contribution in [0.3, 0.4) is 0 Å². The number of rotatable bonds is 2. The number of nitrogens with one attached hydrogen (secondary N) is 2. The lowest BCUT2D eigenvalue weighted by Gasteiger charge is -2.32. The summed E-state index contributed by atoms with van der Waals surface area (Å²) in [6, 6.07) is 9.42. The van der Waals surface area contributed by atoms with Gasteiger partial charge in [-0.2, -0.15) is 5.10 Å². The fraction of sp³-hybridized carbons (Fsp3) is 0.294. The van der Waals surface area contributed by atoms with E-state index in [0.717, 1.165) is 29.4 Å². The number of hydrogen-bond donors (Lipinski definition) is 2. The fourth-order valence-electron chi connectivity index (χ4n) is 3.31. The molecule has 24 heavy (non-hydrogen) atoms. The molecule has 2 N–H and O–H groups in total. The molecule has 2 aromatic heterocycles. The zero-order valence-corrected chi connectivity index (χ0v) is 13.0. The lowest BCUT2D eigenvalue weighted by atomic mass is 9.94. The Hall–Kier alpha value is -2.96. The summed E-state index contributed by atoms with van der Waals surface area (Å²) in [4.78, 5) is 32.5. The number of H-pyrrole nitrogens is 2. The maximum atomic E-state index is 12.9. The van der Waals surface area contributed by atoms with Gasteiger partial charge in [0.25, 0.3) is 5.91 Å². The van der Waals surface area contributed by atoms with Gasteiger partial charge in [0.2, 0.25) is 0 Å². The van der Waals surface area contributed by atoms with Crippen LogP contribution in [0, 0.1) is 0 Å². The predicted molar refractivity (Wildman–Crippen MR) is 88.8 cm³/mol. The van der Waals surface area contributed by atoms with Gasteiger partial charge in [-0.25, -0.2) is 9.78 Å². The number of benzene rings is 1. The maximum Gasteiger partial charge on any atom is 0.345 e. The van der Waals surface area contributed by atoms with Crippen molar-refractivity contribution >= 4 is 16.8 Å². The highest BCUT2D eigenvalue weighted by Crippen LogP contribution is 2.26. The summed E-state index contributed by atoms with van der Waals surface area (Å²) < 4.78 is 0. The highest BCUT2D eigenvalue weighted by molar-refractivity contribution is 6.04.